The molecule has 0 saturated carbocycles. The molecule has 0 saturated heterocycles. The molecule has 0 amide bonds. The van der Waals surface area contributed by atoms with E-state index in [4.69, 9.17) is 17.4 Å². The molecule has 2 nitrogen and oxygen atoms in total. The zero-order valence-corrected chi connectivity index (χ0v) is 4.86. The number of halogens is 1. The summed E-state index contributed by atoms with van der Waals surface area (Å²) in [6, 6.07) is 0. The number of nitrogens with two attached hydrogens (primary N) is 1. The molecule has 0 spiro atoms. The van der Waals surface area contributed by atoms with E-state index in [0.717, 1.165) is 0 Å². The van der Waals surface area contributed by atoms with Gasteiger partial charge in [0.1, 0.15) is 0 Å². The molecule has 0 radical (unpaired) electrons. The van der Waals surface area contributed by atoms with Crippen LogP contribution in [0.15, 0.2) is 12.8 Å². The van der Waals surface area contributed by atoms with Gasteiger partial charge in [-0.05, 0) is 0 Å². The van der Waals surface area contributed by atoms with Gasteiger partial charge in [-0.1, -0.05) is 6.58 Å². The van der Waals surface area contributed by atoms with Crippen molar-refractivity contribution in [2.45, 2.75) is 0 Å². The zero-order chi connectivity index (χ0) is 5.70. The van der Waals surface area contributed by atoms with Gasteiger partial charge >= 0.3 is 0 Å². The fourth-order valence-corrected chi connectivity index (χ4v) is 0.384. The van der Waals surface area contributed by atoms with E-state index >= 15 is 0 Å². The lowest BCUT2D eigenvalue weighted by Gasteiger charge is -2.08. The van der Waals surface area contributed by atoms with Gasteiger partial charge in [-0.2, -0.15) is 0 Å². The number of rotatable bonds is 3. The highest BCUT2D eigenvalue weighted by atomic mass is 35.5. The number of hydrogen-bond acceptors (Lipinski definition) is 2. The molecule has 0 aromatic carbocycles. The summed E-state index contributed by atoms with van der Waals surface area (Å²) in [6.07, 6.45) is 1.53. The Morgan fingerprint density at radius 2 is 2.43 bits per heavy atom. The van der Waals surface area contributed by atoms with E-state index in [2.05, 4.69) is 6.58 Å². The SMILES string of the molecule is C=CN(N)CCCl. The van der Waals surface area contributed by atoms with E-state index in [0.29, 0.717) is 12.4 Å². The predicted molar refractivity (Wildman–Crippen MR) is 31.8 cm³/mol. The molecule has 0 aromatic heterocycles. The van der Waals surface area contributed by atoms with Gasteiger partial charge in [-0.25, -0.2) is 5.84 Å². The van der Waals surface area contributed by atoms with Crippen molar-refractivity contribution in [3.05, 3.63) is 12.8 Å². The van der Waals surface area contributed by atoms with Gasteiger partial charge in [0.2, 0.25) is 0 Å². The van der Waals surface area contributed by atoms with Gasteiger partial charge in [0.15, 0.2) is 0 Å². The van der Waals surface area contributed by atoms with Crippen LogP contribution in [-0.2, 0) is 0 Å². The van der Waals surface area contributed by atoms with Gasteiger partial charge in [0, 0.05) is 18.6 Å². The Bertz CT molecular complexity index is 55.7. The fourth-order valence-electron chi connectivity index (χ4n) is 0.189. The number of hydrogen-bond donors (Lipinski definition) is 1. The second-order valence-corrected chi connectivity index (χ2v) is 1.49. The quantitative estimate of drug-likeness (QED) is 0.335. The van der Waals surface area contributed by atoms with E-state index in [9.17, 15) is 0 Å². The van der Waals surface area contributed by atoms with Gasteiger partial charge < -0.3 is 5.01 Å². The highest BCUT2D eigenvalue weighted by molar-refractivity contribution is 6.18. The first kappa shape index (κ1) is 6.79. The third kappa shape index (κ3) is 3.62. The van der Waals surface area contributed by atoms with Gasteiger partial charge in [-0.15, -0.1) is 11.6 Å². The van der Waals surface area contributed by atoms with E-state index in [1.165, 1.54) is 11.2 Å². The molecule has 0 aliphatic rings. The van der Waals surface area contributed by atoms with Gasteiger partial charge in [0.25, 0.3) is 0 Å². The molecule has 0 rings (SSSR count). The Kier molecular flexibility index (Phi) is 3.84. The monoisotopic (exact) mass is 120 g/mol. The summed E-state index contributed by atoms with van der Waals surface area (Å²) in [6.45, 7) is 4.08. The van der Waals surface area contributed by atoms with Crippen LogP contribution in [0.1, 0.15) is 0 Å². The maximum Gasteiger partial charge on any atom is 0.0470 e. The third-order valence-electron chi connectivity index (χ3n) is 0.577. The normalized spacial score (nSPS) is 8.29. The van der Waals surface area contributed by atoms with Crippen LogP contribution in [0.2, 0.25) is 0 Å². The van der Waals surface area contributed by atoms with Crippen LogP contribution in [0.3, 0.4) is 0 Å². The molecule has 0 atom stereocenters. The minimum atomic E-state index is 0.544. The molecule has 42 valence electrons. The Labute approximate surface area is 48.5 Å². The molecule has 7 heavy (non-hydrogen) atoms. The lowest BCUT2D eigenvalue weighted by molar-refractivity contribution is 0.421. The van der Waals surface area contributed by atoms with Crippen LogP contribution in [-0.4, -0.2) is 17.4 Å². The summed E-state index contributed by atoms with van der Waals surface area (Å²) in [7, 11) is 0. The molecule has 0 fully saturated rings. The molecule has 0 aliphatic heterocycles. The summed E-state index contributed by atoms with van der Waals surface area (Å²) in [4.78, 5) is 0. The van der Waals surface area contributed by atoms with Crippen LogP contribution in [0.4, 0.5) is 0 Å². The lowest BCUT2D eigenvalue weighted by atomic mass is 10.7. The average molecular weight is 121 g/mol. The molecule has 0 bridgehead atoms. The molecule has 0 heterocycles. The van der Waals surface area contributed by atoms with Crippen molar-refractivity contribution < 1.29 is 0 Å². The Hall–Kier alpha value is -0.210. The third-order valence-corrected chi connectivity index (χ3v) is 0.746. The van der Waals surface area contributed by atoms with Crippen molar-refractivity contribution in [1.82, 2.24) is 5.01 Å². The van der Waals surface area contributed by atoms with Crippen molar-refractivity contribution in [2.24, 2.45) is 5.84 Å². The van der Waals surface area contributed by atoms with Crippen molar-refractivity contribution in [3.63, 3.8) is 0 Å². The minimum absolute atomic E-state index is 0.544. The Balaban J connectivity index is 2.98. The Morgan fingerprint density at radius 1 is 1.86 bits per heavy atom. The van der Waals surface area contributed by atoms with E-state index < -0.39 is 0 Å². The molecule has 0 aliphatic carbocycles. The summed E-state index contributed by atoms with van der Waals surface area (Å²) in [5.74, 6) is 5.76. The van der Waals surface area contributed by atoms with E-state index in [-0.39, 0.29) is 0 Å². The standard InChI is InChI=1S/C4H9ClN2/c1-2-7(6)4-3-5/h2H,1,3-4,6H2. The van der Waals surface area contributed by atoms with E-state index in [1.54, 1.807) is 0 Å². The van der Waals surface area contributed by atoms with E-state index in [1.807, 2.05) is 0 Å². The largest absolute Gasteiger partial charge is 0.318 e. The smallest absolute Gasteiger partial charge is 0.0470 e. The van der Waals surface area contributed by atoms with Crippen LogP contribution in [0.5, 0.6) is 0 Å². The summed E-state index contributed by atoms with van der Waals surface area (Å²) in [5.41, 5.74) is 0. The molecular formula is C4H9ClN2. The highest BCUT2D eigenvalue weighted by Gasteiger charge is 1.83. The zero-order valence-electron chi connectivity index (χ0n) is 4.10. The van der Waals surface area contributed by atoms with Gasteiger partial charge in [-0.3, -0.25) is 0 Å². The van der Waals surface area contributed by atoms with Crippen molar-refractivity contribution >= 4 is 11.6 Å². The summed E-state index contributed by atoms with van der Waals surface area (Å²) >= 11 is 5.31. The number of nitrogens with zero attached hydrogens (tertiary/aromatic N) is 1. The van der Waals surface area contributed by atoms with Crippen molar-refractivity contribution in [3.8, 4) is 0 Å². The van der Waals surface area contributed by atoms with Crippen molar-refractivity contribution in [2.75, 3.05) is 12.4 Å². The maximum atomic E-state index is 5.31. The first-order valence-electron chi connectivity index (χ1n) is 2.01. The number of hydrazine groups is 1. The second-order valence-electron chi connectivity index (χ2n) is 1.11. The molecule has 0 aromatic rings. The minimum Gasteiger partial charge on any atom is -0.318 e. The Morgan fingerprint density at radius 3 is 2.57 bits per heavy atom. The molecular weight excluding hydrogens is 112 g/mol. The van der Waals surface area contributed by atoms with Crippen LogP contribution in [0.25, 0.3) is 0 Å². The summed E-state index contributed by atoms with van der Waals surface area (Å²) in [5, 5.41) is 1.44. The second kappa shape index (κ2) is 3.96. The average Bonchev–Trinajstić information content (AvgIpc) is 1.68. The first-order chi connectivity index (χ1) is 3.31. The summed E-state index contributed by atoms with van der Waals surface area (Å²) < 4.78 is 0. The highest BCUT2D eigenvalue weighted by Crippen LogP contribution is 1.78. The number of alkyl halides is 1. The first-order valence-corrected chi connectivity index (χ1v) is 2.54. The molecule has 3 heteroatoms. The molecule has 2 N–H and O–H groups in total. The van der Waals surface area contributed by atoms with Gasteiger partial charge in [0.05, 0.1) is 0 Å². The van der Waals surface area contributed by atoms with Crippen LogP contribution >= 0.6 is 11.6 Å². The molecule has 0 unspecified atom stereocenters. The van der Waals surface area contributed by atoms with Crippen molar-refractivity contribution in [1.29, 1.82) is 0 Å². The predicted octanol–water partition coefficient (Wildman–Crippen LogP) is 0.544. The van der Waals surface area contributed by atoms with Crippen LogP contribution < -0.4 is 5.84 Å². The topological polar surface area (TPSA) is 29.3 Å². The fraction of sp³-hybridized carbons (Fsp3) is 0.500. The maximum absolute atomic E-state index is 5.31. The lowest BCUT2D eigenvalue weighted by Crippen LogP contribution is -2.26. The van der Waals surface area contributed by atoms with Crippen LogP contribution in [0, 0.1) is 0 Å².